The van der Waals surface area contributed by atoms with Gasteiger partial charge in [0.25, 0.3) is 0 Å². The molecule has 0 fully saturated rings. The van der Waals surface area contributed by atoms with Crippen LogP contribution in [0.2, 0.25) is 0 Å². The van der Waals surface area contributed by atoms with Crippen molar-refractivity contribution in [2.24, 2.45) is 0 Å². The highest BCUT2D eigenvalue weighted by molar-refractivity contribution is 5.74. The molecule has 0 heterocycles. The van der Waals surface area contributed by atoms with Crippen LogP contribution in [-0.4, -0.2) is 24.2 Å². The summed E-state index contributed by atoms with van der Waals surface area (Å²) in [6.45, 7) is 2.16. The summed E-state index contributed by atoms with van der Waals surface area (Å²) in [7, 11) is 1.89. The number of hydrogen-bond acceptors (Lipinski definition) is 3. The standard InChI is InChI=1S/C24H25NO3/c1-17(23(24(26)27)28-16-18-7-4-3-5-8-18)19-11-13-20(14-12-19)21-9-6-10-22(15-21)25-2/h3-15,17,23,25H,16H2,1-2H3,(H,26,27). The Morgan fingerprint density at radius 1 is 0.964 bits per heavy atom. The Morgan fingerprint density at radius 2 is 1.68 bits per heavy atom. The predicted molar refractivity (Wildman–Crippen MR) is 112 cm³/mol. The largest absolute Gasteiger partial charge is 0.479 e. The number of benzene rings is 3. The van der Waals surface area contributed by atoms with Gasteiger partial charge in [-0.1, -0.05) is 73.7 Å². The molecule has 0 radical (unpaired) electrons. The van der Waals surface area contributed by atoms with Crippen LogP contribution in [0.1, 0.15) is 24.0 Å². The van der Waals surface area contributed by atoms with E-state index in [1.165, 1.54) is 0 Å². The third kappa shape index (κ3) is 4.78. The van der Waals surface area contributed by atoms with E-state index < -0.39 is 12.1 Å². The Balaban J connectivity index is 1.73. The molecule has 0 aliphatic heterocycles. The number of aliphatic carboxylic acids is 1. The Hall–Kier alpha value is -3.11. The number of anilines is 1. The molecule has 2 atom stereocenters. The third-order valence-electron chi connectivity index (χ3n) is 4.89. The van der Waals surface area contributed by atoms with E-state index in [2.05, 4.69) is 17.4 Å². The molecule has 0 aromatic heterocycles. The molecule has 3 aromatic carbocycles. The molecule has 0 saturated heterocycles. The van der Waals surface area contributed by atoms with Gasteiger partial charge in [0.1, 0.15) is 0 Å². The van der Waals surface area contributed by atoms with Gasteiger partial charge in [-0.3, -0.25) is 0 Å². The Kier molecular flexibility index (Phi) is 6.45. The quantitative estimate of drug-likeness (QED) is 0.570. The number of ether oxygens (including phenoxy) is 1. The van der Waals surface area contributed by atoms with E-state index in [1.807, 2.05) is 80.7 Å². The highest BCUT2D eigenvalue weighted by Crippen LogP contribution is 2.27. The van der Waals surface area contributed by atoms with E-state index in [-0.39, 0.29) is 12.5 Å². The van der Waals surface area contributed by atoms with Gasteiger partial charge in [-0.2, -0.15) is 0 Å². The highest BCUT2D eigenvalue weighted by Gasteiger charge is 2.27. The summed E-state index contributed by atoms with van der Waals surface area (Å²) in [6, 6.07) is 25.8. The number of nitrogens with one attached hydrogen (secondary N) is 1. The van der Waals surface area contributed by atoms with E-state index in [0.717, 1.165) is 27.9 Å². The molecule has 28 heavy (non-hydrogen) atoms. The van der Waals surface area contributed by atoms with E-state index in [4.69, 9.17) is 4.74 Å². The first kappa shape index (κ1) is 19.6. The van der Waals surface area contributed by atoms with Crippen LogP contribution in [-0.2, 0) is 16.1 Å². The zero-order valence-corrected chi connectivity index (χ0v) is 16.1. The minimum atomic E-state index is -0.950. The summed E-state index contributed by atoms with van der Waals surface area (Å²) < 4.78 is 5.74. The minimum absolute atomic E-state index is 0.265. The van der Waals surface area contributed by atoms with Gasteiger partial charge < -0.3 is 15.2 Å². The SMILES string of the molecule is CNc1cccc(-c2ccc(C(C)C(OCc3ccccc3)C(=O)O)cc2)c1. The van der Waals surface area contributed by atoms with Gasteiger partial charge in [-0.15, -0.1) is 0 Å². The normalized spacial score (nSPS) is 12.9. The maximum Gasteiger partial charge on any atom is 0.333 e. The zero-order valence-electron chi connectivity index (χ0n) is 16.1. The monoisotopic (exact) mass is 375 g/mol. The van der Waals surface area contributed by atoms with Gasteiger partial charge in [0.2, 0.25) is 0 Å². The fourth-order valence-electron chi connectivity index (χ4n) is 3.20. The number of carbonyl (C=O) groups is 1. The maximum atomic E-state index is 11.8. The van der Waals surface area contributed by atoms with Crippen LogP contribution in [0.3, 0.4) is 0 Å². The Labute approximate surface area is 165 Å². The molecule has 144 valence electrons. The van der Waals surface area contributed by atoms with Gasteiger partial charge in [0.15, 0.2) is 6.10 Å². The van der Waals surface area contributed by atoms with Crippen molar-refractivity contribution in [3.8, 4) is 11.1 Å². The smallest absolute Gasteiger partial charge is 0.333 e. The van der Waals surface area contributed by atoms with Crippen LogP contribution >= 0.6 is 0 Å². The van der Waals surface area contributed by atoms with E-state index in [1.54, 1.807) is 0 Å². The molecule has 3 aromatic rings. The first-order valence-corrected chi connectivity index (χ1v) is 9.35. The lowest BCUT2D eigenvalue weighted by molar-refractivity contribution is -0.152. The molecule has 2 N–H and O–H groups in total. The van der Waals surface area contributed by atoms with Gasteiger partial charge >= 0.3 is 5.97 Å². The second-order valence-corrected chi connectivity index (χ2v) is 6.80. The van der Waals surface area contributed by atoms with Crippen molar-refractivity contribution in [1.29, 1.82) is 0 Å². The fraction of sp³-hybridized carbons (Fsp3) is 0.208. The number of carboxylic acid groups (broad SMARTS) is 1. The summed E-state index contributed by atoms with van der Waals surface area (Å²) >= 11 is 0. The number of carboxylic acids is 1. The lowest BCUT2D eigenvalue weighted by Gasteiger charge is -2.21. The first-order chi connectivity index (χ1) is 13.6. The molecular formula is C24H25NO3. The van der Waals surface area contributed by atoms with Crippen LogP contribution < -0.4 is 5.32 Å². The van der Waals surface area contributed by atoms with Crippen molar-refractivity contribution >= 4 is 11.7 Å². The van der Waals surface area contributed by atoms with Crippen LogP contribution in [0.25, 0.3) is 11.1 Å². The third-order valence-corrected chi connectivity index (χ3v) is 4.89. The molecule has 3 rings (SSSR count). The highest BCUT2D eigenvalue weighted by atomic mass is 16.5. The molecule has 0 aliphatic rings. The second kappa shape index (κ2) is 9.20. The van der Waals surface area contributed by atoms with Crippen LogP contribution in [0.15, 0.2) is 78.9 Å². The van der Waals surface area contributed by atoms with Gasteiger partial charge in [-0.05, 0) is 34.4 Å². The molecular weight excluding hydrogens is 350 g/mol. The molecule has 0 bridgehead atoms. The van der Waals surface area contributed by atoms with Crippen molar-refractivity contribution in [3.05, 3.63) is 90.0 Å². The lowest BCUT2D eigenvalue weighted by Crippen LogP contribution is -2.29. The summed E-state index contributed by atoms with van der Waals surface area (Å²) in [6.07, 6.45) is -0.904. The topological polar surface area (TPSA) is 58.6 Å². The predicted octanol–water partition coefficient (Wildman–Crippen LogP) is 5.17. The number of rotatable bonds is 8. The summed E-state index contributed by atoms with van der Waals surface area (Å²) in [5.74, 6) is -1.21. The van der Waals surface area contributed by atoms with Crippen molar-refractivity contribution in [2.75, 3.05) is 12.4 Å². The summed E-state index contributed by atoms with van der Waals surface area (Å²) in [5.41, 5.74) is 5.15. The van der Waals surface area contributed by atoms with E-state index in [0.29, 0.717) is 0 Å². The van der Waals surface area contributed by atoms with Crippen molar-refractivity contribution in [2.45, 2.75) is 25.6 Å². The number of hydrogen-bond donors (Lipinski definition) is 2. The molecule has 4 heteroatoms. The van der Waals surface area contributed by atoms with Gasteiger partial charge in [-0.25, -0.2) is 4.79 Å². The average Bonchev–Trinajstić information content (AvgIpc) is 2.74. The second-order valence-electron chi connectivity index (χ2n) is 6.80. The fourth-order valence-corrected chi connectivity index (χ4v) is 3.20. The van der Waals surface area contributed by atoms with Crippen molar-refractivity contribution in [1.82, 2.24) is 0 Å². The van der Waals surface area contributed by atoms with Crippen molar-refractivity contribution < 1.29 is 14.6 Å². The van der Waals surface area contributed by atoms with Crippen LogP contribution in [0.4, 0.5) is 5.69 Å². The first-order valence-electron chi connectivity index (χ1n) is 9.35. The molecule has 0 saturated carbocycles. The minimum Gasteiger partial charge on any atom is -0.479 e. The average molecular weight is 375 g/mol. The van der Waals surface area contributed by atoms with Gasteiger partial charge in [0.05, 0.1) is 6.61 Å². The van der Waals surface area contributed by atoms with Crippen molar-refractivity contribution in [3.63, 3.8) is 0 Å². The lowest BCUT2D eigenvalue weighted by atomic mass is 9.93. The Bertz CT molecular complexity index is 907. The molecule has 4 nitrogen and oxygen atoms in total. The van der Waals surface area contributed by atoms with E-state index in [9.17, 15) is 9.90 Å². The van der Waals surface area contributed by atoms with Crippen LogP contribution in [0.5, 0.6) is 0 Å². The summed E-state index contributed by atoms with van der Waals surface area (Å²) in [5, 5.41) is 12.8. The molecule has 0 amide bonds. The molecule has 0 aliphatic carbocycles. The maximum absolute atomic E-state index is 11.8. The van der Waals surface area contributed by atoms with Crippen LogP contribution in [0, 0.1) is 0 Å². The molecule has 0 spiro atoms. The summed E-state index contributed by atoms with van der Waals surface area (Å²) in [4.78, 5) is 11.8. The molecule has 2 unspecified atom stereocenters. The van der Waals surface area contributed by atoms with E-state index >= 15 is 0 Å². The zero-order chi connectivity index (χ0) is 19.9. The van der Waals surface area contributed by atoms with Gasteiger partial charge in [0, 0.05) is 18.7 Å². The Morgan fingerprint density at radius 3 is 2.32 bits per heavy atom.